The van der Waals surface area contributed by atoms with Crippen molar-refractivity contribution in [1.82, 2.24) is 5.32 Å². The quantitative estimate of drug-likeness (QED) is 0.748. The molecule has 3 rings (SSSR count). The van der Waals surface area contributed by atoms with E-state index < -0.39 is 11.9 Å². The molecule has 0 radical (unpaired) electrons. The van der Waals surface area contributed by atoms with Gasteiger partial charge in [0.25, 0.3) is 5.91 Å². The number of amides is 2. The van der Waals surface area contributed by atoms with Crippen LogP contribution >= 0.6 is 0 Å². The second-order valence-electron chi connectivity index (χ2n) is 6.05. The number of carbonyl (C=O) groups excluding carboxylic acids is 2. The van der Waals surface area contributed by atoms with E-state index in [1.807, 2.05) is 12.1 Å². The molecule has 0 unspecified atom stereocenters. The van der Waals surface area contributed by atoms with Gasteiger partial charge in [-0.25, -0.2) is 4.79 Å². The third kappa shape index (κ3) is 4.06. The summed E-state index contributed by atoms with van der Waals surface area (Å²) in [6.07, 6.45) is 1.90. The van der Waals surface area contributed by atoms with Crippen molar-refractivity contribution in [3.05, 3.63) is 53.5 Å². The van der Waals surface area contributed by atoms with Gasteiger partial charge in [-0.1, -0.05) is 12.1 Å². The molecular weight excluding hydrogens is 324 g/mol. The van der Waals surface area contributed by atoms with Crippen LogP contribution in [0.2, 0.25) is 0 Å². The fraction of sp³-hybridized carbons (Fsp3) is 0.278. The first-order valence-corrected chi connectivity index (χ1v) is 7.99. The lowest BCUT2D eigenvalue weighted by atomic mass is 10.1. The summed E-state index contributed by atoms with van der Waals surface area (Å²) in [5.41, 5.74) is 1.57. The predicted molar refractivity (Wildman–Crippen MR) is 89.3 cm³/mol. The van der Waals surface area contributed by atoms with Gasteiger partial charge in [0.2, 0.25) is 11.7 Å². The number of hydrogen-bond acceptors (Lipinski definition) is 4. The van der Waals surface area contributed by atoms with Gasteiger partial charge < -0.3 is 20.2 Å². The zero-order valence-corrected chi connectivity index (χ0v) is 13.6. The topological polar surface area (TPSA) is 109 Å². The van der Waals surface area contributed by atoms with Gasteiger partial charge in [0.15, 0.2) is 5.76 Å². The molecule has 1 aliphatic rings. The fourth-order valence-electron chi connectivity index (χ4n) is 2.37. The molecule has 1 aromatic carbocycles. The molecule has 7 heteroatoms. The first-order chi connectivity index (χ1) is 11.9. The molecule has 1 saturated carbocycles. The van der Waals surface area contributed by atoms with Crippen molar-refractivity contribution in [3.8, 4) is 0 Å². The van der Waals surface area contributed by atoms with Gasteiger partial charge >= 0.3 is 5.97 Å². The number of carboxylic acids is 1. The van der Waals surface area contributed by atoms with E-state index in [4.69, 9.17) is 9.52 Å². The molecule has 3 N–H and O–H groups in total. The maximum absolute atomic E-state index is 12.1. The van der Waals surface area contributed by atoms with Gasteiger partial charge in [-0.3, -0.25) is 9.59 Å². The summed E-state index contributed by atoms with van der Waals surface area (Å²) in [6, 6.07) is 9.46. The van der Waals surface area contributed by atoms with Gasteiger partial charge in [-0.2, -0.15) is 0 Å². The first kappa shape index (κ1) is 16.8. The number of furan rings is 1. The highest BCUT2D eigenvalue weighted by atomic mass is 16.4. The lowest BCUT2D eigenvalue weighted by molar-refractivity contribution is -0.117. The molecule has 1 atom stereocenters. The normalized spacial score (nSPS) is 14.6. The molecule has 1 aliphatic carbocycles. The van der Waals surface area contributed by atoms with Crippen molar-refractivity contribution in [3.63, 3.8) is 0 Å². The second-order valence-corrected chi connectivity index (χ2v) is 6.05. The number of carboxylic acid groups (broad SMARTS) is 1. The molecule has 1 aromatic heterocycles. The summed E-state index contributed by atoms with van der Waals surface area (Å²) in [6.45, 7) is 1.80. The van der Waals surface area contributed by atoms with E-state index in [1.54, 1.807) is 19.1 Å². The van der Waals surface area contributed by atoms with E-state index in [0.29, 0.717) is 0 Å². The maximum Gasteiger partial charge on any atom is 0.371 e. The zero-order chi connectivity index (χ0) is 18.0. The van der Waals surface area contributed by atoms with Gasteiger partial charge in [0, 0.05) is 11.6 Å². The molecule has 0 aliphatic heterocycles. The first-order valence-electron chi connectivity index (χ1n) is 7.99. The number of anilines is 1. The number of carbonyl (C=O) groups is 3. The third-order valence-corrected chi connectivity index (χ3v) is 4.01. The highest BCUT2D eigenvalue weighted by molar-refractivity contribution is 5.94. The van der Waals surface area contributed by atoms with Crippen LogP contribution in [-0.4, -0.2) is 22.9 Å². The van der Waals surface area contributed by atoms with Crippen molar-refractivity contribution in [2.24, 2.45) is 5.92 Å². The van der Waals surface area contributed by atoms with Crippen LogP contribution in [0, 0.1) is 5.92 Å². The van der Waals surface area contributed by atoms with Gasteiger partial charge in [0.05, 0.1) is 6.04 Å². The van der Waals surface area contributed by atoms with Crippen LogP contribution in [0.5, 0.6) is 0 Å². The number of benzene rings is 1. The maximum atomic E-state index is 12.1. The smallest absolute Gasteiger partial charge is 0.371 e. The summed E-state index contributed by atoms with van der Waals surface area (Å²) < 4.78 is 4.98. The van der Waals surface area contributed by atoms with Crippen LogP contribution in [0.4, 0.5) is 5.69 Å². The Bertz CT molecular complexity index is 805. The Morgan fingerprint density at radius 1 is 1.08 bits per heavy atom. The summed E-state index contributed by atoms with van der Waals surface area (Å²) in [7, 11) is 0. The highest BCUT2D eigenvalue weighted by Gasteiger charge is 2.29. The Labute approximate surface area is 144 Å². The second kappa shape index (κ2) is 6.80. The molecule has 2 amide bonds. The van der Waals surface area contributed by atoms with Crippen molar-refractivity contribution < 1.29 is 23.9 Å². The van der Waals surface area contributed by atoms with Crippen LogP contribution < -0.4 is 10.6 Å². The molecule has 7 nitrogen and oxygen atoms in total. The lowest BCUT2D eigenvalue weighted by Gasteiger charge is -2.14. The Morgan fingerprint density at radius 3 is 2.28 bits per heavy atom. The molecule has 2 aromatic rings. The number of aromatic carboxylic acids is 1. The average molecular weight is 342 g/mol. The van der Waals surface area contributed by atoms with Crippen molar-refractivity contribution >= 4 is 23.5 Å². The monoisotopic (exact) mass is 342 g/mol. The van der Waals surface area contributed by atoms with Crippen molar-refractivity contribution in [2.45, 2.75) is 25.8 Å². The largest absolute Gasteiger partial charge is 0.475 e. The Kier molecular flexibility index (Phi) is 4.56. The van der Waals surface area contributed by atoms with Crippen molar-refractivity contribution in [1.29, 1.82) is 0 Å². The standard InChI is InChI=1S/C18H18N2O5/c1-10(19-17(22)14-8-9-15(25-14)18(23)24)11-4-6-13(7-5-11)20-16(21)12-2-3-12/h4-10,12H,2-3H2,1H3,(H,19,22)(H,20,21)(H,23,24)/t10-/m1/s1. The minimum absolute atomic E-state index is 0.0427. The molecule has 0 saturated heterocycles. The molecule has 0 spiro atoms. The van der Waals surface area contributed by atoms with E-state index >= 15 is 0 Å². The van der Waals surface area contributed by atoms with Crippen LogP contribution in [0.25, 0.3) is 0 Å². The summed E-state index contributed by atoms with van der Waals surface area (Å²) in [4.78, 5) is 34.6. The minimum atomic E-state index is -1.23. The fourth-order valence-corrected chi connectivity index (χ4v) is 2.37. The van der Waals surface area contributed by atoms with E-state index in [1.165, 1.54) is 12.1 Å². The summed E-state index contributed by atoms with van der Waals surface area (Å²) >= 11 is 0. The molecule has 1 heterocycles. The van der Waals surface area contributed by atoms with Gasteiger partial charge in [0.1, 0.15) is 0 Å². The highest BCUT2D eigenvalue weighted by Crippen LogP contribution is 2.30. The molecule has 25 heavy (non-hydrogen) atoms. The number of rotatable bonds is 6. The van der Waals surface area contributed by atoms with Crippen LogP contribution in [0.15, 0.2) is 40.8 Å². The Hall–Kier alpha value is -3.09. The molecule has 0 bridgehead atoms. The summed E-state index contributed by atoms with van der Waals surface area (Å²) in [5.74, 6) is -1.88. The van der Waals surface area contributed by atoms with Crippen LogP contribution in [0.3, 0.4) is 0 Å². The Balaban J connectivity index is 1.59. The van der Waals surface area contributed by atoms with Crippen molar-refractivity contribution in [2.75, 3.05) is 5.32 Å². The Morgan fingerprint density at radius 2 is 1.72 bits per heavy atom. The molecule has 1 fully saturated rings. The summed E-state index contributed by atoms with van der Waals surface area (Å²) in [5, 5.41) is 14.4. The number of nitrogens with one attached hydrogen (secondary N) is 2. The van der Waals surface area contributed by atoms with Crippen LogP contribution in [-0.2, 0) is 4.79 Å². The van der Waals surface area contributed by atoms with Gasteiger partial charge in [-0.05, 0) is 49.6 Å². The lowest BCUT2D eigenvalue weighted by Crippen LogP contribution is -2.26. The van der Waals surface area contributed by atoms with E-state index in [-0.39, 0.29) is 29.4 Å². The average Bonchev–Trinajstić information content (AvgIpc) is 3.31. The van der Waals surface area contributed by atoms with E-state index in [0.717, 1.165) is 24.1 Å². The SMILES string of the molecule is C[C@@H](NC(=O)c1ccc(C(=O)O)o1)c1ccc(NC(=O)C2CC2)cc1. The molecule has 130 valence electrons. The minimum Gasteiger partial charge on any atom is -0.475 e. The zero-order valence-electron chi connectivity index (χ0n) is 13.6. The molecular formula is C18H18N2O5. The number of hydrogen-bond donors (Lipinski definition) is 3. The van der Waals surface area contributed by atoms with Gasteiger partial charge in [-0.15, -0.1) is 0 Å². The van der Waals surface area contributed by atoms with E-state index in [9.17, 15) is 14.4 Å². The van der Waals surface area contributed by atoms with Crippen LogP contribution in [0.1, 0.15) is 52.5 Å². The predicted octanol–water partition coefficient (Wildman–Crippen LogP) is 2.82. The third-order valence-electron chi connectivity index (χ3n) is 4.01. The van der Waals surface area contributed by atoms with E-state index in [2.05, 4.69) is 10.6 Å².